The predicted octanol–water partition coefficient (Wildman–Crippen LogP) is 1.05. The molecule has 0 aliphatic carbocycles. The molecule has 0 aromatic heterocycles. The maximum atomic E-state index is 12.0. The first kappa shape index (κ1) is 14.7. The SMILES string of the molecule is CCOCCN(C)C(=O)[C@@H](N)Cc1ccccc1. The van der Waals surface area contributed by atoms with Gasteiger partial charge in [0.05, 0.1) is 12.6 Å². The highest BCUT2D eigenvalue weighted by molar-refractivity contribution is 5.81. The summed E-state index contributed by atoms with van der Waals surface area (Å²) in [6.07, 6.45) is 0.568. The number of ether oxygens (including phenoxy) is 1. The van der Waals surface area contributed by atoms with E-state index in [4.69, 9.17) is 10.5 Å². The molecule has 1 amide bonds. The first-order valence-electron chi connectivity index (χ1n) is 6.27. The van der Waals surface area contributed by atoms with Gasteiger partial charge in [0.2, 0.25) is 5.91 Å². The van der Waals surface area contributed by atoms with Crippen molar-refractivity contribution in [3.63, 3.8) is 0 Å². The second-order valence-electron chi connectivity index (χ2n) is 4.25. The van der Waals surface area contributed by atoms with Crippen molar-refractivity contribution in [1.29, 1.82) is 0 Å². The van der Waals surface area contributed by atoms with Gasteiger partial charge in [0.15, 0.2) is 0 Å². The average molecular weight is 250 g/mol. The van der Waals surface area contributed by atoms with E-state index in [0.29, 0.717) is 26.2 Å². The average Bonchev–Trinajstić information content (AvgIpc) is 2.39. The predicted molar refractivity (Wildman–Crippen MR) is 72.3 cm³/mol. The molecule has 0 fully saturated rings. The largest absolute Gasteiger partial charge is 0.380 e. The van der Waals surface area contributed by atoms with E-state index < -0.39 is 6.04 Å². The fourth-order valence-electron chi connectivity index (χ4n) is 1.69. The molecule has 2 N–H and O–H groups in total. The fourth-order valence-corrected chi connectivity index (χ4v) is 1.69. The number of carbonyl (C=O) groups is 1. The molecule has 1 rings (SSSR count). The van der Waals surface area contributed by atoms with Crippen LogP contribution in [0.25, 0.3) is 0 Å². The normalized spacial score (nSPS) is 12.2. The van der Waals surface area contributed by atoms with Crippen LogP contribution in [0.5, 0.6) is 0 Å². The van der Waals surface area contributed by atoms with Crippen LogP contribution in [0.1, 0.15) is 12.5 Å². The molecule has 1 aromatic rings. The summed E-state index contributed by atoms with van der Waals surface area (Å²) in [5, 5.41) is 0. The number of nitrogens with two attached hydrogens (primary N) is 1. The molecule has 100 valence electrons. The number of benzene rings is 1. The number of nitrogens with zero attached hydrogens (tertiary/aromatic N) is 1. The molecule has 0 radical (unpaired) electrons. The summed E-state index contributed by atoms with van der Waals surface area (Å²) in [6.45, 7) is 3.73. The lowest BCUT2D eigenvalue weighted by atomic mass is 10.1. The number of likely N-dealkylation sites (N-methyl/N-ethyl adjacent to an activating group) is 1. The zero-order valence-electron chi connectivity index (χ0n) is 11.1. The maximum absolute atomic E-state index is 12.0. The molecule has 18 heavy (non-hydrogen) atoms. The number of hydrogen-bond donors (Lipinski definition) is 1. The molecule has 4 heteroatoms. The van der Waals surface area contributed by atoms with Crippen LogP contribution in [-0.2, 0) is 16.0 Å². The van der Waals surface area contributed by atoms with E-state index >= 15 is 0 Å². The number of carbonyl (C=O) groups excluding carboxylic acids is 1. The molecule has 1 atom stereocenters. The smallest absolute Gasteiger partial charge is 0.239 e. The molecule has 0 bridgehead atoms. The zero-order chi connectivity index (χ0) is 13.4. The summed E-state index contributed by atoms with van der Waals surface area (Å²) in [5.74, 6) is -0.0430. The molecular weight excluding hydrogens is 228 g/mol. The summed E-state index contributed by atoms with van der Waals surface area (Å²) in [5.41, 5.74) is 7.00. The minimum absolute atomic E-state index is 0.0430. The van der Waals surface area contributed by atoms with Gasteiger partial charge in [-0.3, -0.25) is 4.79 Å². The summed E-state index contributed by atoms with van der Waals surface area (Å²) in [7, 11) is 1.76. The molecule has 0 aliphatic rings. The Balaban J connectivity index is 2.41. The molecule has 1 aromatic carbocycles. The zero-order valence-corrected chi connectivity index (χ0v) is 11.1. The Labute approximate surface area is 109 Å². The number of rotatable bonds is 7. The van der Waals surface area contributed by atoms with E-state index in [1.165, 1.54) is 0 Å². The van der Waals surface area contributed by atoms with E-state index in [1.54, 1.807) is 11.9 Å². The second-order valence-corrected chi connectivity index (χ2v) is 4.25. The highest BCUT2D eigenvalue weighted by Gasteiger charge is 2.17. The quantitative estimate of drug-likeness (QED) is 0.736. The minimum Gasteiger partial charge on any atom is -0.380 e. The van der Waals surface area contributed by atoms with Gasteiger partial charge in [0.25, 0.3) is 0 Å². The first-order valence-corrected chi connectivity index (χ1v) is 6.27. The van der Waals surface area contributed by atoms with Crippen molar-refractivity contribution in [3.8, 4) is 0 Å². The van der Waals surface area contributed by atoms with Crippen molar-refractivity contribution in [2.75, 3.05) is 26.8 Å². The van der Waals surface area contributed by atoms with Crippen LogP contribution >= 0.6 is 0 Å². The lowest BCUT2D eigenvalue weighted by Gasteiger charge is -2.21. The number of amides is 1. The molecule has 0 saturated carbocycles. The van der Waals surface area contributed by atoms with Gasteiger partial charge in [-0.25, -0.2) is 0 Å². The topological polar surface area (TPSA) is 55.6 Å². The fraction of sp³-hybridized carbons (Fsp3) is 0.500. The number of hydrogen-bond acceptors (Lipinski definition) is 3. The van der Waals surface area contributed by atoms with Gasteiger partial charge in [-0.15, -0.1) is 0 Å². The minimum atomic E-state index is -0.487. The van der Waals surface area contributed by atoms with E-state index in [9.17, 15) is 4.79 Å². The molecule has 0 heterocycles. The van der Waals surface area contributed by atoms with Gasteiger partial charge in [0.1, 0.15) is 0 Å². The van der Waals surface area contributed by atoms with Crippen LogP contribution in [0.15, 0.2) is 30.3 Å². The summed E-state index contributed by atoms with van der Waals surface area (Å²) < 4.78 is 5.22. The molecule has 0 unspecified atom stereocenters. The summed E-state index contributed by atoms with van der Waals surface area (Å²) in [6, 6.07) is 9.32. The third-order valence-corrected chi connectivity index (χ3v) is 2.77. The van der Waals surface area contributed by atoms with Gasteiger partial charge in [-0.05, 0) is 18.9 Å². The van der Waals surface area contributed by atoms with E-state index in [-0.39, 0.29) is 5.91 Å². The van der Waals surface area contributed by atoms with Crippen molar-refractivity contribution in [2.45, 2.75) is 19.4 Å². The van der Waals surface area contributed by atoms with Crippen LogP contribution in [0.2, 0.25) is 0 Å². The molecule has 4 nitrogen and oxygen atoms in total. The highest BCUT2D eigenvalue weighted by Crippen LogP contribution is 2.03. The lowest BCUT2D eigenvalue weighted by Crippen LogP contribution is -2.44. The molecule has 0 aliphatic heterocycles. The summed E-state index contributed by atoms with van der Waals surface area (Å²) >= 11 is 0. The van der Waals surface area contributed by atoms with Gasteiger partial charge < -0.3 is 15.4 Å². The van der Waals surface area contributed by atoms with Crippen LogP contribution in [0.4, 0.5) is 0 Å². The Bertz CT molecular complexity index is 354. The van der Waals surface area contributed by atoms with Crippen molar-refractivity contribution < 1.29 is 9.53 Å². The highest BCUT2D eigenvalue weighted by atomic mass is 16.5. The van der Waals surface area contributed by atoms with Crippen molar-refractivity contribution in [3.05, 3.63) is 35.9 Å². The Morgan fingerprint density at radius 1 is 1.39 bits per heavy atom. The van der Waals surface area contributed by atoms with Crippen molar-refractivity contribution in [2.24, 2.45) is 5.73 Å². The van der Waals surface area contributed by atoms with Crippen LogP contribution in [0, 0.1) is 0 Å². The van der Waals surface area contributed by atoms with Crippen molar-refractivity contribution in [1.82, 2.24) is 4.90 Å². The molecular formula is C14H22N2O2. The van der Waals surface area contributed by atoms with Crippen LogP contribution in [0.3, 0.4) is 0 Å². The Morgan fingerprint density at radius 3 is 2.67 bits per heavy atom. The monoisotopic (exact) mass is 250 g/mol. The van der Waals surface area contributed by atoms with Gasteiger partial charge >= 0.3 is 0 Å². The van der Waals surface area contributed by atoms with Gasteiger partial charge in [0, 0.05) is 20.2 Å². The van der Waals surface area contributed by atoms with E-state index in [1.807, 2.05) is 37.3 Å². The second kappa shape index (κ2) is 7.84. The lowest BCUT2D eigenvalue weighted by molar-refractivity contribution is -0.131. The van der Waals surface area contributed by atoms with Crippen LogP contribution in [-0.4, -0.2) is 43.7 Å². The van der Waals surface area contributed by atoms with Gasteiger partial charge in [-0.2, -0.15) is 0 Å². The van der Waals surface area contributed by atoms with Gasteiger partial charge in [-0.1, -0.05) is 30.3 Å². The Kier molecular flexibility index (Phi) is 6.39. The van der Waals surface area contributed by atoms with Crippen molar-refractivity contribution >= 4 is 5.91 Å². The maximum Gasteiger partial charge on any atom is 0.239 e. The van der Waals surface area contributed by atoms with Crippen LogP contribution < -0.4 is 5.73 Å². The molecule has 0 spiro atoms. The molecule has 0 saturated heterocycles. The first-order chi connectivity index (χ1) is 8.65. The van der Waals surface area contributed by atoms with E-state index in [0.717, 1.165) is 5.56 Å². The summed E-state index contributed by atoms with van der Waals surface area (Å²) in [4.78, 5) is 13.6. The standard InChI is InChI=1S/C14H22N2O2/c1-3-18-10-9-16(2)14(17)13(15)11-12-7-5-4-6-8-12/h4-8,13H,3,9-11,15H2,1-2H3/t13-/m0/s1. The van der Waals surface area contributed by atoms with E-state index in [2.05, 4.69) is 0 Å². The third-order valence-electron chi connectivity index (χ3n) is 2.77. The third kappa shape index (κ3) is 4.85. The Hall–Kier alpha value is -1.39. The Morgan fingerprint density at radius 2 is 2.06 bits per heavy atom.